The lowest BCUT2D eigenvalue weighted by Gasteiger charge is -2.20. The minimum atomic E-state index is -0.739. The number of nitrogens with zero attached hydrogens (tertiary/aromatic N) is 1. The monoisotopic (exact) mass is 357 g/mol. The Morgan fingerprint density at radius 3 is 2.88 bits per heavy atom. The van der Waals surface area contributed by atoms with Crippen molar-refractivity contribution in [3.05, 3.63) is 52.7 Å². The third-order valence-corrected chi connectivity index (χ3v) is 5.57. The van der Waals surface area contributed by atoms with Crippen LogP contribution >= 0.6 is 11.8 Å². The van der Waals surface area contributed by atoms with Crippen LogP contribution in [0.4, 0.5) is 0 Å². The van der Waals surface area contributed by atoms with Crippen molar-refractivity contribution >= 4 is 23.3 Å². The largest absolute Gasteiger partial charge is 0.481 e. The second-order valence-electron chi connectivity index (χ2n) is 6.28. The number of aliphatic carboxylic acids is 1. The van der Waals surface area contributed by atoms with Gasteiger partial charge in [0.15, 0.2) is 5.89 Å². The van der Waals surface area contributed by atoms with Crippen molar-refractivity contribution in [2.75, 3.05) is 5.75 Å². The summed E-state index contributed by atoms with van der Waals surface area (Å²) >= 11 is 1.85. The molecule has 1 aromatic carbocycles. The normalized spacial score (nSPS) is 13.4. The van der Waals surface area contributed by atoms with Crippen LogP contribution in [0.15, 0.2) is 33.6 Å². The summed E-state index contributed by atoms with van der Waals surface area (Å²) in [6, 6.07) is 6.37. The third kappa shape index (κ3) is 4.34. The van der Waals surface area contributed by atoms with Crippen LogP contribution in [0.2, 0.25) is 0 Å². The number of thioether (sulfide) groups is 1. The minimum absolute atomic E-state index is 0.188. The average molecular weight is 357 g/mol. The van der Waals surface area contributed by atoms with Gasteiger partial charge in [-0.05, 0) is 49.0 Å². The fraction of sp³-hybridized carbons (Fsp3) is 0.400. The number of hydrogen-bond donors (Lipinski definition) is 1. The summed E-state index contributed by atoms with van der Waals surface area (Å²) in [5.74, 6) is 1.85. The molecule has 0 radical (unpaired) electrons. The molecule has 1 N–H and O–H groups in total. The lowest BCUT2D eigenvalue weighted by Crippen LogP contribution is -2.04. The number of allylic oxidation sites excluding steroid dienone is 2. The maximum atomic E-state index is 10.9. The molecule has 0 saturated carbocycles. The summed E-state index contributed by atoms with van der Waals surface area (Å²) in [5.41, 5.74) is 4.81. The van der Waals surface area contributed by atoms with E-state index in [9.17, 15) is 4.79 Å². The molecule has 4 nitrogen and oxygen atoms in total. The molecule has 25 heavy (non-hydrogen) atoms. The number of rotatable bonds is 7. The van der Waals surface area contributed by atoms with Gasteiger partial charge in [-0.2, -0.15) is 0 Å². The first-order valence-electron chi connectivity index (χ1n) is 8.63. The maximum Gasteiger partial charge on any atom is 0.303 e. The quantitative estimate of drug-likeness (QED) is 0.720. The zero-order valence-electron chi connectivity index (χ0n) is 14.7. The highest BCUT2D eigenvalue weighted by Crippen LogP contribution is 2.36. The molecular weight excluding hydrogens is 334 g/mol. The SMILES string of the molecule is Cc1nc(CCSc2cccc3c2CCC=C3CCC(=O)O)c(C)o1. The van der Waals surface area contributed by atoms with Crippen LogP contribution in [0.1, 0.15) is 47.7 Å². The number of fused-ring (bicyclic) bond motifs is 1. The number of hydrogen-bond acceptors (Lipinski definition) is 4. The summed E-state index contributed by atoms with van der Waals surface area (Å²) in [5, 5.41) is 8.95. The maximum absolute atomic E-state index is 10.9. The number of carboxylic acid groups (broad SMARTS) is 1. The van der Waals surface area contributed by atoms with Gasteiger partial charge >= 0.3 is 5.97 Å². The van der Waals surface area contributed by atoms with E-state index in [0.29, 0.717) is 6.42 Å². The van der Waals surface area contributed by atoms with E-state index in [4.69, 9.17) is 9.52 Å². The number of benzene rings is 1. The summed E-state index contributed by atoms with van der Waals surface area (Å²) in [4.78, 5) is 16.6. The Balaban J connectivity index is 1.69. The fourth-order valence-electron chi connectivity index (χ4n) is 3.30. The predicted octanol–water partition coefficient (Wildman–Crippen LogP) is 4.82. The number of aryl methyl sites for hydroxylation is 3. The molecule has 2 aromatic rings. The molecule has 0 atom stereocenters. The van der Waals surface area contributed by atoms with Gasteiger partial charge in [-0.15, -0.1) is 11.8 Å². The van der Waals surface area contributed by atoms with Crippen LogP contribution in [0, 0.1) is 13.8 Å². The summed E-state index contributed by atoms with van der Waals surface area (Å²) in [6.45, 7) is 3.84. The number of oxazole rings is 1. The number of aromatic nitrogens is 1. The molecule has 0 spiro atoms. The van der Waals surface area contributed by atoms with Crippen molar-refractivity contribution in [3.8, 4) is 0 Å². The van der Waals surface area contributed by atoms with Gasteiger partial charge < -0.3 is 9.52 Å². The Bertz CT molecular complexity index is 807. The molecule has 0 aliphatic heterocycles. The Hall–Kier alpha value is -2.01. The molecule has 5 heteroatoms. The van der Waals surface area contributed by atoms with Gasteiger partial charge in [0.05, 0.1) is 5.69 Å². The van der Waals surface area contributed by atoms with Crippen molar-refractivity contribution in [2.45, 2.75) is 50.8 Å². The second kappa shape index (κ2) is 7.91. The Morgan fingerprint density at radius 2 is 2.16 bits per heavy atom. The van der Waals surface area contributed by atoms with Gasteiger partial charge in [0, 0.05) is 30.4 Å². The molecule has 0 saturated heterocycles. The Labute approximate surface area is 152 Å². The first kappa shape index (κ1) is 17.8. The summed E-state index contributed by atoms with van der Waals surface area (Å²) < 4.78 is 5.49. The van der Waals surface area contributed by atoms with E-state index >= 15 is 0 Å². The molecule has 0 unspecified atom stereocenters. The van der Waals surface area contributed by atoms with Crippen LogP contribution in [0.25, 0.3) is 5.57 Å². The highest BCUT2D eigenvalue weighted by molar-refractivity contribution is 7.99. The van der Waals surface area contributed by atoms with E-state index in [1.807, 2.05) is 25.6 Å². The highest BCUT2D eigenvalue weighted by Gasteiger charge is 2.17. The first-order valence-corrected chi connectivity index (χ1v) is 9.62. The first-order chi connectivity index (χ1) is 12.0. The van der Waals surface area contributed by atoms with Crippen molar-refractivity contribution in [1.29, 1.82) is 0 Å². The molecular formula is C20H23NO3S. The van der Waals surface area contributed by atoms with Gasteiger partial charge in [0.2, 0.25) is 0 Å². The van der Waals surface area contributed by atoms with Crippen LogP contribution in [0.3, 0.4) is 0 Å². The van der Waals surface area contributed by atoms with Crippen LogP contribution in [0.5, 0.6) is 0 Å². The van der Waals surface area contributed by atoms with E-state index in [-0.39, 0.29) is 6.42 Å². The van der Waals surface area contributed by atoms with Gasteiger partial charge in [-0.3, -0.25) is 4.79 Å². The zero-order valence-corrected chi connectivity index (χ0v) is 15.5. The molecule has 3 rings (SSSR count). The van der Waals surface area contributed by atoms with Gasteiger partial charge in [-0.1, -0.05) is 18.2 Å². The Morgan fingerprint density at radius 1 is 1.32 bits per heavy atom. The van der Waals surface area contributed by atoms with E-state index in [2.05, 4.69) is 29.3 Å². The molecule has 1 heterocycles. The van der Waals surface area contributed by atoms with Crippen molar-refractivity contribution < 1.29 is 14.3 Å². The van der Waals surface area contributed by atoms with Crippen LogP contribution in [-0.2, 0) is 17.6 Å². The van der Waals surface area contributed by atoms with Crippen LogP contribution < -0.4 is 0 Å². The van der Waals surface area contributed by atoms with E-state index in [0.717, 1.165) is 42.4 Å². The van der Waals surface area contributed by atoms with E-state index < -0.39 is 5.97 Å². The molecule has 0 amide bonds. The van der Waals surface area contributed by atoms with E-state index in [1.54, 1.807) is 0 Å². The van der Waals surface area contributed by atoms with Crippen molar-refractivity contribution in [2.24, 2.45) is 0 Å². The summed E-state index contributed by atoms with van der Waals surface area (Å²) in [7, 11) is 0. The average Bonchev–Trinajstić information content (AvgIpc) is 2.90. The van der Waals surface area contributed by atoms with Crippen molar-refractivity contribution in [3.63, 3.8) is 0 Å². The lowest BCUT2D eigenvalue weighted by atomic mass is 9.88. The lowest BCUT2D eigenvalue weighted by molar-refractivity contribution is -0.136. The van der Waals surface area contributed by atoms with E-state index in [1.165, 1.54) is 21.6 Å². The molecule has 0 bridgehead atoms. The fourth-order valence-corrected chi connectivity index (χ4v) is 4.38. The molecule has 1 aromatic heterocycles. The van der Waals surface area contributed by atoms with Gasteiger partial charge in [0.25, 0.3) is 0 Å². The third-order valence-electron chi connectivity index (χ3n) is 4.47. The molecule has 132 valence electrons. The molecule has 1 aliphatic rings. The van der Waals surface area contributed by atoms with Crippen molar-refractivity contribution in [1.82, 2.24) is 4.98 Å². The zero-order chi connectivity index (χ0) is 17.8. The predicted molar refractivity (Wildman–Crippen MR) is 100 cm³/mol. The number of carbonyl (C=O) groups is 1. The second-order valence-corrected chi connectivity index (χ2v) is 7.42. The smallest absolute Gasteiger partial charge is 0.303 e. The summed E-state index contributed by atoms with van der Waals surface area (Å²) in [6.07, 6.45) is 5.89. The standard InChI is InChI=1S/C20H23NO3S/c1-13-18(21-14(2)24-13)11-12-25-19-8-4-6-16-15(9-10-20(22)23)5-3-7-17(16)19/h4-6,8H,3,7,9-12H2,1-2H3,(H,22,23). The highest BCUT2D eigenvalue weighted by atomic mass is 32.2. The molecule has 1 aliphatic carbocycles. The van der Waals surface area contributed by atoms with Crippen LogP contribution in [-0.4, -0.2) is 21.8 Å². The Kier molecular flexibility index (Phi) is 5.63. The van der Waals surface area contributed by atoms with Gasteiger partial charge in [0.1, 0.15) is 5.76 Å². The minimum Gasteiger partial charge on any atom is -0.481 e. The molecule has 0 fully saturated rings. The van der Waals surface area contributed by atoms with Gasteiger partial charge in [-0.25, -0.2) is 4.98 Å². The number of carboxylic acids is 1. The topological polar surface area (TPSA) is 63.3 Å².